The number of unbranched alkanes of at least 4 members (excludes halogenated alkanes) is 2. The summed E-state index contributed by atoms with van der Waals surface area (Å²) >= 11 is 0. The molecule has 2 heterocycles. The minimum absolute atomic E-state index is 0.482. The Labute approximate surface area is 195 Å². The van der Waals surface area contributed by atoms with Crippen molar-refractivity contribution < 1.29 is 23.4 Å². The minimum atomic E-state index is -0.622. The smallest absolute Gasteiger partial charge is 0.226 e. The molecular weight excluding hydrogens is 418 g/mol. The molecule has 0 aliphatic carbocycles. The van der Waals surface area contributed by atoms with E-state index in [4.69, 9.17) is 23.4 Å². The first-order valence-electron chi connectivity index (χ1n) is 11.8. The Bertz CT molecular complexity index is 1070. The third-order valence-corrected chi connectivity index (χ3v) is 5.49. The molecule has 33 heavy (non-hydrogen) atoms. The van der Waals surface area contributed by atoms with E-state index in [1.807, 2.05) is 50.2 Å². The molecule has 0 radical (unpaired) electrons. The number of para-hydroxylation sites is 1. The lowest BCUT2D eigenvalue weighted by molar-refractivity contribution is -0.180. The fourth-order valence-corrected chi connectivity index (χ4v) is 3.62. The van der Waals surface area contributed by atoms with Gasteiger partial charge in [-0.3, -0.25) is 0 Å². The van der Waals surface area contributed by atoms with Crippen molar-refractivity contribution in [2.24, 2.45) is 0 Å². The summed E-state index contributed by atoms with van der Waals surface area (Å²) in [7, 11) is 0. The summed E-state index contributed by atoms with van der Waals surface area (Å²) in [6.07, 6.45) is 5.84. The maximum Gasteiger partial charge on any atom is 0.226 e. The molecule has 0 bridgehead atoms. The Morgan fingerprint density at radius 3 is 2.58 bits per heavy atom. The average molecular weight is 452 g/mol. The quantitative estimate of drug-likeness (QED) is 0.309. The number of fused-ring (bicyclic) bond motifs is 1. The fraction of sp³-hybridized carbons (Fsp3) is 0.444. The molecule has 4 rings (SSSR count). The van der Waals surface area contributed by atoms with Crippen LogP contribution in [0, 0.1) is 0 Å². The van der Waals surface area contributed by atoms with Crippen LogP contribution >= 0.6 is 0 Å². The number of hydrogen-bond acceptors (Lipinski definition) is 6. The molecule has 0 saturated carbocycles. The van der Waals surface area contributed by atoms with Crippen molar-refractivity contribution >= 4 is 0 Å². The van der Waals surface area contributed by atoms with Crippen molar-refractivity contribution in [2.45, 2.75) is 65.8 Å². The Morgan fingerprint density at radius 2 is 1.79 bits per heavy atom. The molecule has 0 saturated heterocycles. The second-order valence-corrected chi connectivity index (χ2v) is 8.68. The third kappa shape index (κ3) is 5.50. The molecule has 0 unspecified atom stereocenters. The molecular formula is C27H33NO5. The molecule has 6 heteroatoms. The predicted octanol–water partition coefficient (Wildman–Crippen LogP) is 7.01. The van der Waals surface area contributed by atoms with Gasteiger partial charge in [0.2, 0.25) is 11.7 Å². The lowest BCUT2D eigenvalue weighted by atomic mass is 10.1. The zero-order valence-electron chi connectivity index (χ0n) is 20.0. The van der Waals surface area contributed by atoms with E-state index >= 15 is 0 Å². The van der Waals surface area contributed by atoms with Crippen molar-refractivity contribution in [3.05, 3.63) is 48.2 Å². The Balaban J connectivity index is 1.62. The van der Waals surface area contributed by atoms with Gasteiger partial charge in [0, 0.05) is 25.0 Å². The molecule has 1 aliphatic rings. The fourth-order valence-electron chi connectivity index (χ4n) is 3.62. The van der Waals surface area contributed by atoms with Gasteiger partial charge in [0.1, 0.15) is 5.75 Å². The minimum Gasteiger partial charge on any atom is -0.490 e. The molecule has 2 aromatic carbocycles. The van der Waals surface area contributed by atoms with Gasteiger partial charge in [0.25, 0.3) is 0 Å². The highest BCUT2D eigenvalue weighted by atomic mass is 16.7. The Morgan fingerprint density at radius 1 is 1.00 bits per heavy atom. The van der Waals surface area contributed by atoms with E-state index in [9.17, 15) is 0 Å². The molecule has 0 atom stereocenters. The number of benzene rings is 2. The van der Waals surface area contributed by atoms with Crippen LogP contribution in [0.4, 0.5) is 0 Å². The van der Waals surface area contributed by atoms with Crippen molar-refractivity contribution in [3.8, 4) is 40.0 Å². The van der Waals surface area contributed by atoms with E-state index in [-0.39, 0.29) is 0 Å². The highest BCUT2D eigenvalue weighted by Crippen LogP contribution is 2.40. The number of ether oxygens (including phenoxy) is 4. The van der Waals surface area contributed by atoms with Crippen LogP contribution in [0.1, 0.15) is 58.9 Å². The Kier molecular flexibility index (Phi) is 7.23. The molecule has 0 amide bonds. The SMILES string of the molecule is CCCCOc1cccc(-c2cnc(-c3ccc4c(c3)COC(C)(C)O4)o2)c1OCCCC. The van der Waals surface area contributed by atoms with Gasteiger partial charge in [0.15, 0.2) is 17.3 Å². The first-order chi connectivity index (χ1) is 16.0. The first-order valence-corrected chi connectivity index (χ1v) is 11.8. The monoisotopic (exact) mass is 451 g/mol. The normalized spacial score (nSPS) is 14.4. The van der Waals surface area contributed by atoms with Gasteiger partial charge in [-0.05, 0) is 43.2 Å². The van der Waals surface area contributed by atoms with Crippen LogP contribution in [0.2, 0.25) is 0 Å². The van der Waals surface area contributed by atoms with E-state index in [0.717, 1.165) is 53.9 Å². The molecule has 0 N–H and O–H groups in total. The van der Waals surface area contributed by atoms with Crippen LogP contribution in [0.5, 0.6) is 17.2 Å². The topological polar surface area (TPSA) is 63.0 Å². The Hall–Kier alpha value is -2.99. The van der Waals surface area contributed by atoms with Gasteiger partial charge >= 0.3 is 0 Å². The van der Waals surface area contributed by atoms with E-state index in [0.29, 0.717) is 37.2 Å². The van der Waals surface area contributed by atoms with Gasteiger partial charge < -0.3 is 23.4 Å². The zero-order chi connectivity index (χ0) is 23.3. The predicted molar refractivity (Wildman–Crippen MR) is 128 cm³/mol. The van der Waals surface area contributed by atoms with Crippen molar-refractivity contribution in [1.82, 2.24) is 4.98 Å². The maximum atomic E-state index is 6.19. The van der Waals surface area contributed by atoms with Gasteiger partial charge in [-0.2, -0.15) is 0 Å². The summed E-state index contributed by atoms with van der Waals surface area (Å²) in [6, 6.07) is 11.8. The second-order valence-electron chi connectivity index (χ2n) is 8.68. The lowest BCUT2D eigenvalue weighted by Crippen LogP contribution is -2.35. The van der Waals surface area contributed by atoms with Gasteiger partial charge in [-0.1, -0.05) is 32.8 Å². The lowest BCUT2D eigenvalue weighted by Gasteiger charge is -2.32. The number of rotatable bonds is 10. The molecule has 3 aromatic rings. The zero-order valence-corrected chi connectivity index (χ0v) is 20.0. The second kappa shape index (κ2) is 10.3. The molecule has 6 nitrogen and oxygen atoms in total. The largest absolute Gasteiger partial charge is 0.490 e. The van der Waals surface area contributed by atoms with Crippen LogP contribution in [0.15, 0.2) is 47.0 Å². The maximum absolute atomic E-state index is 6.19. The van der Waals surface area contributed by atoms with E-state index in [2.05, 4.69) is 18.8 Å². The molecule has 0 fully saturated rings. The van der Waals surface area contributed by atoms with Crippen molar-refractivity contribution in [2.75, 3.05) is 13.2 Å². The summed E-state index contributed by atoms with van der Waals surface area (Å²) in [6.45, 7) is 9.87. The van der Waals surface area contributed by atoms with Gasteiger partial charge in [-0.15, -0.1) is 0 Å². The number of nitrogens with zero attached hydrogens (tertiary/aromatic N) is 1. The van der Waals surface area contributed by atoms with Gasteiger partial charge in [0.05, 0.1) is 31.6 Å². The number of oxazole rings is 1. The van der Waals surface area contributed by atoms with E-state index in [1.165, 1.54) is 0 Å². The van der Waals surface area contributed by atoms with Crippen molar-refractivity contribution in [3.63, 3.8) is 0 Å². The summed E-state index contributed by atoms with van der Waals surface area (Å²) < 4.78 is 30.0. The summed E-state index contributed by atoms with van der Waals surface area (Å²) in [4.78, 5) is 4.54. The van der Waals surface area contributed by atoms with Crippen LogP contribution in [0.3, 0.4) is 0 Å². The van der Waals surface area contributed by atoms with E-state index < -0.39 is 5.79 Å². The summed E-state index contributed by atoms with van der Waals surface area (Å²) in [5.41, 5.74) is 2.68. The standard InChI is InChI=1S/C27H33NO5/c1-5-7-14-29-23-11-9-10-21(25(23)30-15-8-6-2)24-17-28-26(32-24)19-12-13-22-20(16-19)18-31-27(3,4)33-22/h9-13,16-17H,5-8,14-15,18H2,1-4H3. The summed E-state index contributed by atoms with van der Waals surface area (Å²) in [5.74, 6) is 2.83. The molecule has 1 aromatic heterocycles. The average Bonchev–Trinajstić information content (AvgIpc) is 3.29. The molecule has 1 aliphatic heterocycles. The van der Waals surface area contributed by atoms with Gasteiger partial charge in [-0.25, -0.2) is 4.98 Å². The number of aromatic nitrogens is 1. The molecule has 176 valence electrons. The van der Waals surface area contributed by atoms with Crippen molar-refractivity contribution in [1.29, 1.82) is 0 Å². The first kappa shape index (κ1) is 23.2. The van der Waals surface area contributed by atoms with Crippen LogP contribution in [-0.2, 0) is 11.3 Å². The number of hydrogen-bond donors (Lipinski definition) is 0. The van der Waals surface area contributed by atoms with Crippen LogP contribution in [-0.4, -0.2) is 24.0 Å². The third-order valence-electron chi connectivity index (χ3n) is 5.49. The highest BCUT2D eigenvalue weighted by molar-refractivity contribution is 5.71. The summed E-state index contributed by atoms with van der Waals surface area (Å²) in [5, 5.41) is 0. The highest BCUT2D eigenvalue weighted by Gasteiger charge is 2.27. The van der Waals surface area contributed by atoms with E-state index in [1.54, 1.807) is 6.20 Å². The van der Waals surface area contributed by atoms with Crippen LogP contribution in [0.25, 0.3) is 22.8 Å². The molecule has 0 spiro atoms. The van der Waals surface area contributed by atoms with Crippen LogP contribution < -0.4 is 14.2 Å².